The SMILES string of the molecule is NC(=O)C(CC(N)C(=O)O)C(=O)C(N)CC(=O)O. The third-order valence-corrected chi connectivity index (χ3v) is 2.25. The minimum absolute atomic E-state index is 0.517. The third kappa shape index (κ3) is 4.89. The molecule has 0 bridgehead atoms. The smallest absolute Gasteiger partial charge is 0.320 e. The Balaban J connectivity index is 4.79. The van der Waals surface area contributed by atoms with Crippen LogP contribution in [0.25, 0.3) is 0 Å². The molecule has 3 atom stereocenters. The summed E-state index contributed by atoms with van der Waals surface area (Å²) in [5.41, 5.74) is 15.4. The number of aliphatic carboxylic acids is 2. The predicted molar refractivity (Wildman–Crippen MR) is 58.1 cm³/mol. The van der Waals surface area contributed by atoms with E-state index >= 15 is 0 Å². The Kier molecular flexibility index (Phi) is 5.93. The van der Waals surface area contributed by atoms with Crippen molar-refractivity contribution in [1.29, 1.82) is 0 Å². The van der Waals surface area contributed by atoms with E-state index in [2.05, 4.69) is 0 Å². The molecule has 0 saturated heterocycles. The fourth-order valence-electron chi connectivity index (χ4n) is 1.27. The molecule has 0 aliphatic rings. The van der Waals surface area contributed by atoms with Gasteiger partial charge in [0.05, 0.1) is 18.4 Å². The van der Waals surface area contributed by atoms with Crippen LogP contribution in [0.2, 0.25) is 0 Å². The lowest BCUT2D eigenvalue weighted by Crippen LogP contribution is -2.46. The molecule has 0 spiro atoms. The first-order valence-corrected chi connectivity index (χ1v) is 4.95. The lowest BCUT2D eigenvalue weighted by Gasteiger charge is -2.17. The van der Waals surface area contributed by atoms with Gasteiger partial charge in [0.25, 0.3) is 0 Å². The van der Waals surface area contributed by atoms with Gasteiger partial charge in [0.1, 0.15) is 6.04 Å². The summed E-state index contributed by atoms with van der Waals surface area (Å²) in [5, 5.41) is 17.0. The van der Waals surface area contributed by atoms with E-state index in [-0.39, 0.29) is 0 Å². The summed E-state index contributed by atoms with van der Waals surface area (Å²) in [4.78, 5) is 43.6. The maximum Gasteiger partial charge on any atom is 0.320 e. The van der Waals surface area contributed by atoms with Gasteiger partial charge in [0.2, 0.25) is 5.91 Å². The standard InChI is InChI=1S/C9H15N3O6/c10-4(2-6(13)14)7(15)3(8(12)16)1-5(11)9(17)18/h3-5H,1-2,10-11H2,(H2,12,16)(H,13,14)(H,17,18). The second kappa shape index (κ2) is 6.67. The summed E-state index contributed by atoms with van der Waals surface area (Å²) >= 11 is 0. The molecule has 9 heteroatoms. The van der Waals surface area contributed by atoms with Crippen molar-refractivity contribution in [2.75, 3.05) is 0 Å². The van der Waals surface area contributed by atoms with Crippen molar-refractivity contribution < 1.29 is 29.4 Å². The van der Waals surface area contributed by atoms with Crippen LogP contribution in [0.15, 0.2) is 0 Å². The van der Waals surface area contributed by atoms with Crippen molar-refractivity contribution in [3.8, 4) is 0 Å². The summed E-state index contributed by atoms with van der Waals surface area (Å²) in [6, 6.07) is -2.88. The van der Waals surface area contributed by atoms with Crippen molar-refractivity contribution in [3.05, 3.63) is 0 Å². The van der Waals surface area contributed by atoms with E-state index in [0.717, 1.165) is 0 Å². The van der Waals surface area contributed by atoms with Crippen LogP contribution in [-0.2, 0) is 19.2 Å². The number of primary amides is 1. The van der Waals surface area contributed by atoms with E-state index in [1.807, 2.05) is 0 Å². The summed E-state index contributed by atoms with van der Waals surface area (Å²) in [6.07, 6.45) is -1.19. The van der Waals surface area contributed by atoms with Crippen LogP contribution in [0.1, 0.15) is 12.8 Å². The van der Waals surface area contributed by atoms with Crippen molar-refractivity contribution >= 4 is 23.6 Å². The Morgan fingerprint density at radius 2 is 1.50 bits per heavy atom. The van der Waals surface area contributed by atoms with Crippen molar-refractivity contribution in [3.63, 3.8) is 0 Å². The zero-order valence-electron chi connectivity index (χ0n) is 9.41. The van der Waals surface area contributed by atoms with Crippen molar-refractivity contribution in [2.24, 2.45) is 23.1 Å². The molecule has 1 amide bonds. The third-order valence-electron chi connectivity index (χ3n) is 2.25. The fraction of sp³-hybridized carbons (Fsp3) is 0.556. The quantitative estimate of drug-likeness (QED) is 0.291. The van der Waals surface area contributed by atoms with Gasteiger partial charge < -0.3 is 27.4 Å². The molecule has 0 aromatic carbocycles. The average Bonchev–Trinajstić information content (AvgIpc) is 2.22. The summed E-state index contributed by atoms with van der Waals surface area (Å²) in [6.45, 7) is 0. The largest absolute Gasteiger partial charge is 0.481 e. The van der Waals surface area contributed by atoms with Gasteiger partial charge in [-0.05, 0) is 6.42 Å². The molecule has 9 nitrogen and oxygen atoms in total. The number of carbonyl (C=O) groups excluding carboxylic acids is 2. The molecule has 0 rings (SSSR count). The second-order valence-electron chi connectivity index (χ2n) is 3.74. The highest BCUT2D eigenvalue weighted by atomic mass is 16.4. The molecule has 8 N–H and O–H groups in total. The van der Waals surface area contributed by atoms with Gasteiger partial charge >= 0.3 is 11.9 Å². The average molecular weight is 261 g/mol. The lowest BCUT2D eigenvalue weighted by molar-refractivity contribution is -0.143. The van der Waals surface area contributed by atoms with E-state index in [9.17, 15) is 19.2 Å². The van der Waals surface area contributed by atoms with Crippen LogP contribution in [-0.4, -0.2) is 45.9 Å². The van der Waals surface area contributed by atoms with Gasteiger partial charge in [-0.3, -0.25) is 19.2 Å². The Hall–Kier alpha value is -2.00. The van der Waals surface area contributed by atoms with Crippen LogP contribution in [0.4, 0.5) is 0 Å². The van der Waals surface area contributed by atoms with Gasteiger partial charge in [0, 0.05) is 0 Å². The van der Waals surface area contributed by atoms with Crippen LogP contribution in [0.3, 0.4) is 0 Å². The number of carboxylic acids is 2. The Morgan fingerprint density at radius 3 is 1.83 bits per heavy atom. The molecule has 3 unspecified atom stereocenters. The van der Waals surface area contributed by atoms with Gasteiger partial charge in [0.15, 0.2) is 5.78 Å². The number of ketones is 1. The van der Waals surface area contributed by atoms with Crippen LogP contribution < -0.4 is 17.2 Å². The zero-order valence-corrected chi connectivity index (χ0v) is 9.41. The number of carbonyl (C=O) groups is 4. The number of Topliss-reactive ketones (excluding diaryl/α,β-unsaturated/α-hetero) is 1. The molecule has 0 fully saturated rings. The molecule has 102 valence electrons. The molecule has 0 heterocycles. The minimum Gasteiger partial charge on any atom is -0.481 e. The van der Waals surface area contributed by atoms with Gasteiger partial charge in [-0.2, -0.15) is 0 Å². The lowest BCUT2D eigenvalue weighted by atomic mass is 9.90. The van der Waals surface area contributed by atoms with Crippen LogP contribution in [0, 0.1) is 5.92 Å². The topological polar surface area (TPSA) is 187 Å². The molecule has 0 aromatic rings. The first-order valence-electron chi connectivity index (χ1n) is 4.95. The first-order chi connectivity index (χ1) is 8.16. The molecule has 0 aromatic heterocycles. The summed E-state index contributed by atoms with van der Waals surface area (Å²) in [7, 11) is 0. The summed E-state index contributed by atoms with van der Waals surface area (Å²) < 4.78 is 0. The highest BCUT2D eigenvalue weighted by Crippen LogP contribution is 2.10. The van der Waals surface area contributed by atoms with E-state index in [4.69, 9.17) is 27.4 Å². The van der Waals surface area contributed by atoms with Gasteiger partial charge in [-0.15, -0.1) is 0 Å². The fourth-order valence-corrected chi connectivity index (χ4v) is 1.27. The highest BCUT2D eigenvalue weighted by Gasteiger charge is 2.33. The van der Waals surface area contributed by atoms with E-state index < -0.39 is 54.5 Å². The molecule has 0 aliphatic carbocycles. The molecule has 0 saturated carbocycles. The number of carboxylic acid groups (broad SMARTS) is 2. The molecule has 0 radical (unpaired) electrons. The maximum atomic E-state index is 11.6. The number of nitrogens with two attached hydrogens (primary N) is 3. The number of hydrogen-bond acceptors (Lipinski definition) is 6. The van der Waals surface area contributed by atoms with Crippen molar-refractivity contribution in [1.82, 2.24) is 0 Å². The van der Waals surface area contributed by atoms with E-state index in [1.54, 1.807) is 0 Å². The minimum atomic E-state index is -1.51. The molecule has 18 heavy (non-hydrogen) atoms. The van der Waals surface area contributed by atoms with Crippen LogP contribution in [0.5, 0.6) is 0 Å². The first kappa shape index (κ1) is 16.0. The summed E-state index contributed by atoms with van der Waals surface area (Å²) in [5.74, 6) is -6.24. The Labute approximate surface area is 102 Å². The monoisotopic (exact) mass is 261 g/mol. The van der Waals surface area contributed by atoms with Crippen LogP contribution >= 0.6 is 0 Å². The highest BCUT2D eigenvalue weighted by molar-refractivity contribution is 6.04. The van der Waals surface area contributed by atoms with Crippen molar-refractivity contribution in [2.45, 2.75) is 24.9 Å². The van der Waals surface area contributed by atoms with Gasteiger partial charge in [-0.25, -0.2) is 0 Å². The van der Waals surface area contributed by atoms with E-state index in [1.165, 1.54) is 0 Å². The zero-order chi connectivity index (χ0) is 14.5. The number of rotatable bonds is 8. The maximum absolute atomic E-state index is 11.6. The number of hydrogen-bond donors (Lipinski definition) is 5. The normalized spacial score (nSPS) is 15.4. The Morgan fingerprint density at radius 1 is 1.00 bits per heavy atom. The van der Waals surface area contributed by atoms with Gasteiger partial charge in [-0.1, -0.05) is 0 Å². The predicted octanol–water partition coefficient (Wildman–Crippen LogP) is -2.74. The molecular formula is C9H15N3O6. The molecule has 0 aliphatic heterocycles. The molecular weight excluding hydrogens is 246 g/mol. The number of amides is 1. The Bertz CT molecular complexity index is 369. The van der Waals surface area contributed by atoms with E-state index in [0.29, 0.717) is 0 Å². The second-order valence-corrected chi connectivity index (χ2v) is 3.74.